The number of amides is 1. The number of nitrogens with two attached hydrogens (primary N) is 2. The van der Waals surface area contributed by atoms with Gasteiger partial charge < -0.3 is 36.9 Å². The van der Waals surface area contributed by atoms with E-state index in [-0.39, 0.29) is 45.2 Å². The average molecular weight is 502 g/mol. The Morgan fingerprint density at radius 3 is 2.16 bits per heavy atom. The number of hydrogen-bond donors (Lipinski definition) is 8. The highest BCUT2D eigenvalue weighted by Crippen LogP contribution is 2.44. The number of primary amides is 1. The van der Waals surface area contributed by atoms with E-state index in [9.17, 15) is 34.8 Å². The molecule has 3 aromatic carbocycles. The maximum Gasteiger partial charge on any atom is 0.311 e. The van der Waals surface area contributed by atoms with Crippen molar-refractivity contribution in [3.63, 3.8) is 0 Å². The van der Waals surface area contributed by atoms with Crippen molar-refractivity contribution in [1.82, 2.24) is 4.98 Å². The summed E-state index contributed by atoms with van der Waals surface area (Å²) in [6.45, 7) is 0. The number of carboxylic acid groups (broad SMARTS) is 2. The number of phenols is 2. The molecule has 0 fully saturated rings. The van der Waals surface area contributed by atoms with Gasteiger partial charge in [-0.25, -0.2) is 0 Å². The van der Waals surface area contributed by atoms with Gasteiger partial charge in [0.1, 0.15) is 17.3 Å². The van der Waals surface area contributed by atoms with Gasteiger partial charge in [0.15, 0.2) is 0 Å². The molecular weight excluding hydrogens is 480 g/mol. The summed E-state index contributed by atoms with van der Waals surface area (Å²) in [5.74, 6) is -5.84. The lowest BCUT2D eigenvalue weighted by Crippen LogP contribution is -2.16. The van der Waals surface area contributed by atoms with Crippen LogP contribution < -0.4 is 11.5 Å². The minimum atomic E-state index is -1.48. The molecule has 0 aliphatic heterocycles. The smallest absolute Gasteiger partial charge is 0.311 e. The molecule has 188 valence electrons. The number of carbonyl (C=O) groups is 3. The zero-order chi connectivity index (χ0) is 27.0. The van der Waals surface area contributed by atoms with E-state index in [1.807, 2.05) is 0 Å². The molecule has 0 spiro atoms. The second kappa shape index (κ2) is 9.38. The maximum absolute atomic E-state index is 12.0. The van der Waals surface area contributed by atoms with Crippen molar-refractivity contribution in [3.05, 3.63) is 71.3 Å². The number of benzene rings is 3. The summed E-state index contributed by atoms with van der Waals surface area (Å²) in [7, 11) is 0. The monoisotopic (exact) mass is 502 g/mol. The predicted octanol–water partition coefficient (Wildman–Crippen LogP) is 2.94. The van der Waals surface area contributed by atoms with Gasteiger partial charge >= 0.3 is 11.9 Å². The van der Waals surface area contributed by atoms with Crippen LogP contribution in [0.4, 0.5) is 0 Å². The molecule has 4 rings (SSSR count). The fourth-order valence-corrected chi connectivity index (χ4v) is 4.14. The molecule has 0 bridgehead atoms. The number of H-pyrrole nitrogens is 1. The van der Waals surface area contributed by atoms with Crippen molar-refractivity contribution in [2.45, 2.75) is 12.3 Å². The van der Waals surface area contributed by atoms with Crippen LogP contribution in [0, 0.1) is 5.41 Å². The predicted molar refractivity (Wildman–Crippen MR) is 135 cm³/mol. The molecule has 0 aliphatic rings. The minimum absolute atomic E-state index is 0.00802. The molecule has 1 amide bonds. The topological polar surface area (TPSA) is 224 Å². The zero-order valence-corrected chi connectivity index (χ0v) is 19.1. The van der Waals surface area contributed by atoms with Crippen molar-refractivity contribution in [3.8, 4) is 33.9 Å². The average Bonchev–Trinajstić information content (AvgIpc) is 3.26. The van der Waals surface area contributed by atoms with E-state index in [0.29, 0.717) is 22.2 Å². The van der Waals surface area contributed by atoms with Gasteiger partial charge in [0.05, 0.1) is 18.0 Å². The van der Waals surface area contributed by atoms with Gasteiger partial charge in [0.25, 0.3) is 0 Å². The van der Waals surface area contributed by atoms with Crippen LogP contribution in [0.15, 0.2) is 54.6 Å². The molecule has 0 saturated carbocycles. The first-order chi connectivity index (χ1) is 17.5. The standard InChI is InChI=1S/C26H22N4O7/c27-24(28)11-1-3-19-14(5-11)9-20(30-19)18-8-13(15(26(36)37)10-22(32)33)7-17(23(18)34)16-6-12(25(29)35)2-4-21(16)31/h1-9,15,30-31,34H,10H2,(H3,27,28)(H2,29,35)(H,32,33)(H,36,37). The van der Waals surface area contributed by atoms with Crippen LogP contribution in [0.5, 0.6) is 11.5 Å². The van der Waals surface area contributed by atoms with Gasteiger partial charge in [-0.05, 0) is 60.2 Å². The molecule has 0 saturated heterocycles. The third kappa shape index (κ3) is 4.78. The van der Waals surface area contributed by atoms with Crippen LogP contribution in [-0.2, 0) is 9.59 Å². The number of phenolic OH excluding ortho intramolecular Hbond substituents is 2. The van der Waals surface area contributed by atoms with Crippen LogP contribution in [-0.4, -0.2) is 49.1 Å². The molecule has 11 heteroatoms. The number of aromatic amines is 1. The molecule has 10 N–H and O–H groups in total. The first kappa shape index (κ1) is 24.8. The van der Waals surface area contributed by atoms with Crippen LogP contribution in [0.1, 0.15) is 33.8 Å². The van der Waals surface area contributed by atoms with Gasteiger partial charge in [-0.2, -0.15) is 0 Å². The highest BCUT2D eigenvalue weighted by atomic mass is 16.4. The van der Waals surface area contributed by atoms with Crippen LogP contribution in [0.2, 0.25) is 0 Å². The summed E-state index contributed by atoms with van der Waals surface area (Å²) in [6.07, 6.45) is -0.735. The van der Waals surface area contributed by atoms with E-state index in [4.69, 9.17) is 16.9 Å². The number of amidine groups is 1. The van der Waals surface area contributed by atoms with Crippen molar-refractivity contribution < 1.29 is 34.8 Å². The number of carbonyl (C=O) groups excluding carboxylic acids is 1. The minimum Gasteiger partial charge on any atom is -0.507 e. The summed E-state index contributed by atoms with van der Waals surface area (Å²) < 4.78 is 0. The Balaban J connectivity index is 2.01. The molecule has 1 unspecified atom stereocenters. The molecule has 4 aromatic rings. The number of carboxylic acids is 2. The molecule has 37 heavy (non-hydrogen) atoms. The zero-order valence-electron chi connectivity index (χ0n) is 19.1. The Kier molecular flexibility index (Phi) is 6.28. The largest absolute Gasteiger partial charge is 0.507 e. The van der Waals surface area contributed by atoms with Gasteiger partial charge in [-0.15, -0.1) is 0 Å². The Labute approximate surface area is 209 Å². The summed E-state index contributed by atoms with van der Waals surface area (Å²) in [5.41, 5.74) is 12.5. The summed E-state index contributed by atoms with van der Waals surface area (Å²) in [6, 6.07) is 13.0. The Bertz CT molecular complexity index is 1610. The second-order valence-electron chi connectivity index (χ2n) is 8.45. The lowest BCUT2D eigenvalue weighted by atomic mass is 9.88. The Morgan fingerprint density at radius 2 is 1.54 bits per heavy atom. The van der Waals surface area contributed by atoms with Crippen molar-refractivity contribution in [1.29, 1.82) is 5.41 Å². The number of aliphatic carboxylic acids is 2. The second-order valence-corrected chi connectivity index (χ2v) is 8.45. The molecule has 0 radical (unpaired) electrons. The number of aromatic hydroxyl groups is 2. The van der Waals surface area contributed by atoms with Crippen molar-refractivity contribution in [2.75, 3.05) is 0 Å². The van der Waals surface area contributed by atoms with E-state index in [1.54, 1.807) is 24.3 Å². The van der Waals surface area contributed by atoms with E-state index in [1.165, 1.54) is 30.3 Å². The van der Waals surface area contributed by atoms with E-state index < -0.39 is 30.2 Å². The third-order valence-electron chi connectivity index (χ3n) is 6.00. The lowest BCUT2D eigenvalue weighted by molar-refractivity contribution is -0.145. The van der Waals surface area contributed by atoms with Crippen molar-refractivity contribution in [2.24, 2.45) is 11.5 Å². The lowest BCUT2D eigenvalue weighted by Gasteiger charge is -2.17. The number of fused-ring (bicyclic) bond motifs is 1. The number of hydrogen-bond acceptors (Lipinski definition) is 6. The van der Waals surface area contributed by atoms with Gasteiger partial charge in [-0.1, -0.05) is 0 Å². The molecule has 1 heterocycles. The quantitative estimate of drug-likeness (QED) is 0.132. The molecule has 1 atom stereocenters. The molecule has 11 nitrogen and oxygen atoms in total. The normalized spacial score (nSPS) is 11.8. The van der Waals surface area contributed by atoms with E-state index >= 15 is 0 Å². The van der Waals surface area contributed by atoms with Crippen molar-refractivity contribution >= 4 is 34.6 Å². The van der Waals surface area contributed by atoms with Crippen LogP contribution in [0.3, 0.4) is 0 Å². The fraction of sp³-hybridized carbons (Fsp3) is 0.0769. The first-order valence-electron chi connectivity index (χ1n) is 10.9. The molecule has 0 aliphatic carbocycles. The van der Waals surface area contributed by atoms with Crippen LogP contribution >= 0.6 is 0 Å². The first-order valence-corrected chi connectivity index (χ1v) is 10.9. The number of rotatable bonds is 8. The Morgan fingerprint density at radius 1 is 0.865 bits per heavy atom. The van der Waals surface area contributed by atoms with Gasteiger partial charge in [0, 0.05) is 38.7 Å². The SMILES string of the molecule is N=C(N)c1ccc2[nH]c(-c3cc(C(CC(=O)O)C(=O)O)cc(-c4cc(C(N)=O)ccc4O)c3O)cc2c1. The summed E-state index contributed by atoms with van der Waals surface area (Å²) in [5, 5.41) is 49.1. The highest BCUT2D eigenvalue weighted by Gasteiger charge is 2.27. The van der Waals surface area contributed by atoms with Gasteiger partial charge in [-0.3, -0.25) is 19.8 Å². The third-order valence-corrected chi connectivity index (χ3v) is 6.00. The molecule has 1 aromatic heterocycles. The fourth-order valence-electron chi connectivity index (χ4n) is 4.14. The molecular formula is C26H22N4O7. The summed E-state index contributed by atoms with van der Waals surface area (Å²) in [4.78, 5) is 38.2. The van der Waals surface area contributed by atoms with E-state index in [0.717, 1.165) is 0 Å². The van der Waals surface area contributed by atoms with Gasteiger partial charge in [0.2, 0.25) is 5.91 Å². The number of aromatic nitrogens is 1. The Hall–Kier alpha value is -5.32. The number of nitrogen functional groups attached to an aromatic ring is 1. The van der Waals surface area contributed by atoms with E-state index in [2.05, 4.69) is 4.98 Å². The highest BCUT2D eigenvalue weighted by molar-refractivity contribution is 6.00. The summed E-state index contributed by atoms with van der Waals surface area (Å²) >= 11 is 0. The van der Waals surface area contributed by atoms with Crippen LogP contribution in [0.25, 0.3) is 33.3 Å². The number of nitrogens with one attached hydrogen (secondary N) is 2. The maximum atomic E-state index is 12.0.